The molecule has 0 unspecified atom stereocenters. The van der Waals surface area contributed by atoms with E-state index in [-0.39, 0.29) is 20.1 Å². The van der Waals surface area contributed by atoms with Crippen LogP contribution in [0.15, 0.2) is 146 Å². The predicted molar refractivity (Wildman–Crippen MR) is 171 cm³/mol. The molecule has 3 aliphatic rings. The zero-order chi connectivity index (χ0) is 29.4. The van der Waals surface area contributed by atoms with E-state index in [1.807, 2.05) is 164 Å². The van der Waals surface area contributed by atoms with Crippen LogP contribution in [-0.4, -0.2) is 50.8 Å². The number of aromatic nitrogens is 3. The molecule has 43 heavy (non-hydrogen) atoms. The Kier molecular flexibility index (Phi) is 13.6. The third-order valence-electron chi connectivity index (χ3n) is 5.99. The van der Waals surface area contributed by atoms with Gasteiger partial charge in [-0.25, -0.2) is 0 Å². The van der Waals surface area contributed by atoms with Crippen LogP contribution in [0.25, 0.3) is 17.1 Å². The smallest absolute Gasteiger partial charge is 0.373 e. The number of rotatable bonds is 3. The minimum absolute atomic E-state index is 0. The molecule has 3 aliphatic heterocycles. The Morgan fingerprint density at radius 3 is 1.00 bits per heavy atom. The van der Waals surface area contributed by atoms with Crippen molar-refractivity contribution in [3.05, 3.63) is 182 Å². The van der Waals surface area contributed by atoms with Crippen molar-refractivity contribution in [1.82, 2.24) is 29.7 Å². The van der Waals surface area contributed by atoms with Crippen molar-refractivity contribution in [2.45, 2.75) is 0 Å². The number of hydrogen-bond donors (Lipinski definition) is 0. The summed E-state index contributed by atoms with van der Waals surface area (Å²) in [5.41, 5.74) is 5.76. The fraction of sp³-hybridized carbons (Fsp3) is 0.0833. The fourth-order valence-corrected chi connectivity index (χ4v) is 3.89. The van der Waals surface area contributed by atoms with Crippen LogP contribution in [0, 0.1) is 18.2 Å². The normalized spacial score (nSPS) is 14.9. The zero-order valence-electron chi connectivity index (χ0n) is 24.4. The van der Waals surface area contributed by atoms with Crippen molar-refractivity contribution < 1.29 is 20.1 Å². The van der Waals surface area contributed by atoms with Crippen molar-refractivity contribution in [1.29, 1.82) is 0 Å². The standard InChI is InChI=1S/3C12H11N2.Ir/c3*1-14-10-6-2-3-8-12(14)11-7-4-5-9-13-11;/h3*2-7,9-10H,1H3;/q3*-1;+3. The third-order valence-corrected chi connectivity index (χ3v) is 5.99. The van der Waals surface area contributed by atoms with E-state index < -0.39 is 0 Å². The molecule has 0 bridgehead atoms. The summed E-state index contributed by atoms with van der Waals surface area (Å²) in [6.45, 7) is 0. The van der Waals surface area contributed by atoms with Gasteiger partial charge in [0, 0.05) is 39.7 Å². The summed E-state index contributed by atoms with van der Waals surface area (Å²) in [5, 5.41) is 0. The van der Waals surface area contributed by atoms with Gasteiger partial charge in [-0.2, -0.15) is 54.7 Å². The van der Waals surface area contributed by atoms with Crippen molar-refractivity contribution in [3.63, 3.8) is 0 Å². The number of hydrogen-bond acceptors (Lipinski definition) is 6. The molecule has 6 nitrogen and oxygen atoms in total. The molecule has 0 spiro atoms. The zero-order valence-corrected chi connectivity index (χ0v) is 26.8. The van der Waals surface area contributed by atoms with Gasteiger partial charge < -0.3 is 29.7 Å². The van der Waals surface area contributed by atoms with Crippen LogP contribution >= 0.6 is 0 Å². The van der Waals surface area contributed by atoms with Crippen LogP contribution in [0.5, 0.6) is 0 Å². The van der Waals surface area contributed by atoms with E-state index in [1.165, 1.54) is 0 Å². The molecule has 0 saturated carbocycles. The summed E-state index contributed by atoms with van der Waals surface area (Å²) in [5.74, 6) is 0. The average Bonchev–Trinajstić information content (AvgIpc) is 3.50. The minimum Gasteiger partial charge on any atom is -0.373 e. The molecule has 7 heteroatoms. The maximum atomic E-state index is 4.29. The summed E-state index contributed by atoms with van der Waals surface area (Å²) < 4.78 is 0. The molecule has 0 fully saturated rings. The van der Waals surface area contributed by atoms with Gasteiger partial charge in [-0.1, -0.05) is 36.4 Å². The molecule has 0 radical (unpaired) electrons. The Hall–Kier alpha value is -4.84. The molecule has 0 amide bonds. The van der Waals surface area contributed by atoms with E-state index in [2.05, 4.69) is 33.2 Å². The molecule has 0 N–H and O–H groups in total. The Balaban J connectivity index is 0.000000175. The van der Waals surface area contributed by atoms with Crippen LogP contribution in [0.1, 0.15) is 17.1 Å². The minimum atomic E-state index is 0. The van der Waals surface area contributed by atoms with Gasteiger partial charge in [0.25, 0.3) is 0 Å². The van der Waals surface area contributed by atoms with Crippen LogP contribution < -0.4 is 0 Å². The average molecular weight is 742 g/mol. The second kappa shape index (κ2) is 17.9. The topological polar surface area (TPSA) is 48.4 Å². The monoisotopic (exact) mass is 742 g/mol. The molecule has 216 valence electrons. The Morgan fingerprint density at radius 2 is 0.744 bits per heavy atom. The summed E-state index contributed by atoms with van der Waals surface area (Å²) in [6.07, 6.45) is 38.3. The molecule has 0 aliphatic carbocycles. The molecule has 0 saturated heterocycles. The SMILES string of the molecule is CN1C=CC=C[C-]=C1c1ccccn1.CN1C=CC=C[C-]=C1c1ccccn1.CN1C=CC=C[C-]=C1c1ccccn1.[Ir+3]. The molecule has 0 atom stereocenters. The van der Waals surface area contributed by atoms with Gasteiger partial charge in [-0.05, 0) is 71.0 Å². The molecular formula is C36H33IrN6. The van der Waals surface area contributed by atoms with E-state index >= 15 is 0 Å². The van der Waals surface area contributed by atoms with Gasteiger partial charge in [0.05, 0.1) is 0 Å². The summed E-state index contributed by atoms with van der Waals surface area (Å²) in [4.78, 5) is 18.9. The van der Waals surface area contributed by atoms with Gasteiger partial charge in [-0.3, -0.25) is 0 Å². The molecule has 3 aromatic rings. The Labute approximate surface area is 268 Å². The van der Waals surface area contributed by atoms with Crippen LogP contribution in [-0.2, 0) is 20.1 Å². The van der Waals surface area contributed by atoms with Crippen molar-refractivity contribution in [3.8, 4) is 0 Å². The Bertz CT molecular complexity index is 1360. The van der Waals surface area contributed by atoms with E-state index in [1.54, 1.807) is 18.6 Å². The number of allylic oxidation sites excluding steroid dienone is 12. The van der Waals surface area contributed by atoms with Crippen LogP contribution in [0.4, 0.5) is 0 Å². The Morgan fingerprint density at radius 1 is 0.442 bits per heavy atom. The predicted octanol–water partition coefficient (Wildman–Crippen LogP) is 6.72. The molecule has 3 aromatic heterocycles. The number of nitrogens with zero attached hydrogens (tertiary/aromatic N) is 6. The van der Waals surface area contributed by atoms with Crippen LogP contribution in [0.3, 0.4) is 0 Å². The molecule has 0 aromatic carbocycles. The van der Waals surface area contributed by atoms with Crippen molar-refractivity contribution >= 4 is 17.1 Å². The third kappa shape index (κ3) is 10.2. The van der Waals surface area contributed by atoms with E-state index in [0.29, 0.717) is 0 Å². The van der Waals surface area contributed by atoms with E-state index in [9.17, 15) is 0 Å². The summed E-state index contributed by atoms with van der Waals surface area (Å²) in [6, 6.07) is 17.6. The van der Waals surface area contributed by atoms with Gasteiger partial charge in [0.15, 0.2) is 0 Å². The quantitative estimate of drug-likeness (QED) is 0.278. The van der Waals surface area contributed by atoms with Gasteiger partial charge >= 0.3 is 20.1 Å². The van der Waals surface area contributed by atoms with Gasteiger partial charge in [0.2, 0.25) is 0 Å². The first-order chi connectivity index (χ1) is 20.6. The first-order valence-electron chi connectivity index (χ1n) is 13.5. The molecular weight excluding hydrogens is 709 g/mol. The van der Waals surface area contributed by atoms with Crippen molar-refractivity contribution in [2.75, 3.05) is 21.1 Å². The summed E-state index contributed by atoms with van der Waals surface area (Å²) in [7, 11) is 5.96. The largest absolute Gasteiger partial charge is 3.00 e. The second-order valence-electron chi connectivity index (χ2n) is 9.06. The summed E-state index contributed by atoms with van der Waals surface area (Å²) >= 11 is 0. The number of pyridine rings is 3. The van der Waals surface area contributed by atoms with E-state index in [4.69, 9.17) is 0 Å². The molecule has 6 heterocycles. The second-order valence-corrected chi connectivity index (χ2v) is 9.06. The fourth-order valence-electron chi connectivity index (χ4n) is 3.89. The maximum absolute atomic E-state index is 4.29. The van der Waals surface area contributed by atoms with E-state index in [0.717, 1.165) is 34.2 Å². The first kappa shape index (κ1) is 32.7. The maximum Gasteiger partial charge on any atom is 3.00 e. The van der Waals surface area contributed by atoms with Crippen LogP contribution in [0.2, 0.25) is 0 Å². The molecule has 6 rings (SSSR count). The first-order valence-corrected chi connectivity index (χ1v) is 13.5. The van der Waals surface area contributed by atoms with Gasteiger partial charge in [0.1, 0.15) is 0 Å². The van der Waals surface area contributed by atoms with Gasteiger partial charge in [-0.15, -0.1) is 18.2 Å². The van der Waals surface area contributed by atoms with Crippen molar-refractivity contribution in [2.24, 2.45) is 0 Å².